The topological polar surface area (TPSA) is 51.0 Å². The van der Waals surface area contributed by atoms with Gasteiger partial charge in [0.05, 0.1) is 6.04 Å². The lowest BCUT2D eigenvalue weighted by Gasteiger charge is -2.32. The van der Waals surface area contributed by atoms with Crippen LogP contribution in [0, 0.1) is 0 Å². The number of benzene rings is 1. The molecular weight excluding hydrogens is 254 g/mol. The van der Waals surface area contributed by atoms with Crippen molar-refractivity contribution < 1.29 is 9.47 Å². The van der Waals surface area contributed by atoms with Crippen LogP contribution in [0.25, 0.3) is 0 Å². The lowest BCUT2D eigenvalue weighted by Crippen LogP contribution is -2.45. The first-order valence-electron chi connectivity index (χ1n) is 7.28. The molecule has 3 rings (SSSR count). The number of nitrogens with two attached hydrogens (primary N) is 1. The van der Waals surface area contributed by atoms with Gasteiger partial charge in [0.1, 0.15) is 24.7 Å². The van der Waals surface area contributed by atoms with Crippen molar-refractivity contribution in [2.24, 2.45) is 5.73 Å². The van der Waals surface area contributed by atoms with Crippen LogP contribution in [0.4, 0.5) is 0 Å². The molecule has 0 aliphatic carbocycles. The zero-order chi connectivity index (χ0) is 13.9. The van der Waals surface area contributed by atoms with Crippen molar-refractivity contribution in [3.8, 4) is 11.5 Å². The second-order valence-electron chi connectivity index (χ2n) is 5.61. The van der Waals surface area contributed by atoms with Crippen LogP contribution in [0.5, 0.6) is 11.5 Å². The molecule has 2 aliphatic rings. The van der Waals surface area contributed by atoms with Crippen molar-refractivity contribution in [1.82, 2.24) is 9.80 Å². The third-order valence-electron chi connectivity index (χ3n) is 4.08. The zero-order valence-corrected chi connectivity index (χ0v) is 12.0. The van der Waals surface area contributed by atoms with Crippen LogP contribution >= 0.6 is 0 Å². The van der Waals surface area contributed by atoms with E-state index >= 15 is 0 Å². The number of hydrogen-bond acceptors (Lipinski definition) is 5. The number of likely N-dealkylation sites (N-methyl/N-ethyl adjacent to an activating group) is 1. The van der Waals surface area contributed by atoms with Crippen LogP contribution in [0.3, 0.4) is 0 Å². The van der Waals surface area contributed by atoms with Gasteiger partial charge in [-0.15, -0.1) is 0 Å². The largest absolute Gasteiger partial charge is 0.492 e. The van der Waals surface area contributed by atoms with Gasteiger partial charge in [0.15, 0.2) is 0 Å². The molecule has 0 radical (unpaired) electrons. The first-order valence-corrected chi connectivity index (χ1v) is 7.28. The maximum absolute atomic E-state index is 5.93. The third-order valence-corrected chi connectivity index (χ3v) is 4.08. The third kappa shape index (κ3) is 3.06. The Bertz CT molecular complexity index is 458. The number of piperazine rings is 1. The van der Waals surface area contributed by atoms with Crippen molar-refractivity contribution in [3.05, 3.63) is 23.8 Å². The predicted molar refractivity (Wildman–Crippen MR) is 78.3 cm³/mol. The van der Waals surface area contributed by atoms with E-state index in [0.717, 1.165) is 49.8 Å². The molecule has 2 N–H and O–H groups in total. The number of fused-ring (bicyclic) bond motifs is 1. The van der Waals surface area contributed by atoms with Gasteiger partial charge < -0.3 is 20.1 Å². The Hall–Kier alpha value is -1.30. The molecule has 110 valence electrons. The molecule has 5 heteroatoms. The maximum Gasteiger partial charge on any atom is 0.127 e. The van der Waals surface area contributed by atoms with Crippen LogP contribution in [-0.4, -0.2) is 62.8 Å². The standard InChI is InChI=1S/C15H23N3O2/c1-17-4-6-18(7-5-17)8-9-19-12-2-3-13-14(16)11-20-15(13)10-12/h2-3,10,14H,4-9,11,16H2,1H3. The van der Waals surface area contributed by atoms with Crippen LogP contribution in [0.1, 0.15) is 11.6 Å². The SMILES string of the molecule is CN1CCN(CCOc2ccc3c(c2)OCC3N)CC1. The van der Waals surface area contributed by atoms with E-state index in [4.69, 9.17) is 15.2 Å². The predicted octanol–water partition coefficient (Wildman–Crippen LogP) is 0.705. The van der Waals surface area contributed by atoms with Gasteiger partial charge in [0.25, 0.3) is 0 Å². The summed E-state index contributed by atoms with van der Waals surface area (Å²) >= 11 is 0. The second kappa shape index (κ2) is 5.99. The highest BCUT2D eigenvalue weighted by Gasteiger charge is 2.21. The highest BCUT2D eigenvalue weighted by Crippen LogP contribution is 2.33. The van der Waals surface area contributed by atoms with Crippen molar-refractivity contribution in [2.45, 2.75) is 6.04 Å². The van der Waals surface area contributed by atoms with Crippen LogP contribution in [0.15, 0.2) is 18.2 Å². The van der Waals surface area contributed by atoms with E-state index in [-0.39, 0.29) is 6.04 Å². The Morgan fingerprint density at radius 1 is 1.30 bits per heavy atom. The summed E-state index contributed by atoms with van der Waals surface area (Å²) in [5, 5.41) is 0. The van der Waals surface area contributed by atoms with Gasteiger partial charge in [-0.25, -0.2) is 0 Å². The molecule has 5 nitrogen and oxygen atoms in total. The molecule has 20 heavy (non-hydrogen) atoms. The Labute approximate surface area is 120 Å². The minimum Gasteiger partial charge on any atom is -0.492 e. The molecule has 0 bridgehead atoms. The summed E-state index contributed by atoms with van der Waals surface area (Å²) in [4.78, 5) is 4.80. The molecule has 1 aromatic rings. The number of rotatable bonds is 4. The van der Waals surface area contributed by atoms with Crippen LogP contribution < -0.4 is 15.2 Å². The minimum atomic E-state index is 0.00406. The van der Waals surface area contributed by atoms with Crippen molar-refractivity contribution >= 4 is 0 Å². The van der Waals surface area contributed by atoms with E-state index in [1.807, 2.05) is 18.2 Å². The maximum atomic E-state index is 5.93. The van der Waals surface area contributed by atoms with Gasteiger partial charge in [-0.05, 0) is 19.2 Å². The Morgan fingerprint density at radius 3 is 2.90 bits per heavy atom. The van der Waals surface area contributed by atoms with Crippen molar-refractivity contribution in [2.75, 3.05) is 53.0 Å². The van der Waals surface area contributed by atoms with Gasteiger partial charge in [-0.2, -0.15) is 0 Å². The highest BCUT2D eigenvalue weighted by atomic mass is 16.5. The zero-order valence-electron chi connectivity index (χ0n) is 12.0. The molecule has 1 atom stereocenters. The van der Waals surface area contributed by atoms with E-state index in [9.17, 15) is 0 Å². The van der Waals surface area contributed by atoms with Crippen molar-refractivity contribution in [1.29, 1.82) is 0 Å². The Morgan fingerprint density at radius 2 is 2.10 bits per heavy atom. The molecule has 2 heterocycles. The monoisotopic (exact) mass is 277 g/mol. The van der Waals surface area contributed by atoms with Crippen LogP contribution in [-0.2, 0) is 0 Å². The summed E-state index contributed by atoms with van der Waals surface area (Å²) in [6, 6.07) is 5.95. The summed E-state index contributed by atoms with van der Waals surface area (Å²) < 4.78 is 11.4. The molecular formula is C15H23N3O2. The molecule has 1 saturated heterocycles. The number of nitrogens with zero attached hydrogens (tertiary/aromatic N) is 2. The highest BCUT2D eigenvalue weighted by molar-refractivity contribution is 5.44. The van der Waals surface area contributed by atoms with Gasteiger partial charge in [-0.3, -0.25) is 4.90 Å². The smallest absolute Gasteiger partial charge is 0.127 e. The molecule has 2 aliphatic heterocycles. The molecule has 1 unspecified atom stereocenters. The van der Waals surface area contributed by atoms with Crippen LogP contribution in [0.2, 0.25) is 0 Å². The first-order chi connectivity index (χ1) is 9.72. The molecule has 1 aromatic carbocycles. The molecule has 0 spiro atoms. The fourth-order valence-corrected chi connectivity index (χ4v) is 2.67. The minimum absolute atomic E-state index is 0.00406. The quantitative estimate of drug-likeness (QED) is 0.878. The Balaban J connectivity index is 1.47. The molecule has 1 fully saturated rings. The lowest BCUT2D eigenvalue weighted by molar-refractivity contribution is 0.133. The summed E-state index contributed by atoms with van der Waals surface area (Å²) in [7, 11) is 2.17. The van der Waals surface area contributed by atoms with Gasteiger partial charge in [0, 0.05) is 44.4 Å². The summed E-state index contributed by atoms with van der Waals surface area (Å²) in [6.07, 6.45) is 0. The van der Waals surface area contributed by atoms with E-state index in [1.54, 1.807) is 0 Å². The summed E-state index contributed by atoms with van der Waals surface area (Å²) in [5.41, 5.74) is 7.01. The van der Waals surface area contributed by atoms with Gasteiger partial charge in [-0.1, -0.05) is 0 Å². The van der Waals surface area contributed by atoms with Crippen molar-refractivity contribution in [3.63, 3.8) is 0 Å². The van der Waals surface area contributed by atoms with E-state index in [1.165, 1.54) is 0 Å². The number of ether oxygens (including phenoxy) is 2. The average molecular weight is 277 g/mol. The fraction of sp³-hybridized carbons (Fsp3) is 0.600. The molecule has 0 saturated carbocycles. The summed E-state index contributed by atoms with van der Waals surface area (Å²) in [6.45, 7) is 6.80. The second-order valence-corrected chi connectivity index (χ2v) is 5.61. The van der Waals surface area contributed by atoms with E-state index < -0.39 is 0 Å². The van der Waals surface area contributed by atoms with E-state index in [2.05, 4.69) is 16.8 Å². The van der Waals surface area contributed by atoms with Gasteiger partial charge in [0.2, 0.25) is 0 Å². The fourth-order valence-electron chi connectivity index (χ4n) is 2.67. The average Bonchev–Trinajstić information content (AvgIpc) is 2.82. The van der Waals surface area contributed by atoms with E-state index in [0.29, 0.717) is 13.2 Å². The normalized spacial score (nSPS) is 23.4. The lowest BCUT2D eigenvalue weighted by atomic mass is 10.1. The molecule has 0 aromatic heterocycles. The first kappa shape index (κ1) is 13.7. The Kier molecular flexibility index (Phi) is 4.10. The molecule has 0 amide bonds. The van der Waals surface area contributed by atoms with Gasteiger partial charge >= 0.3 is 0 Å². The summed E-state index contributed by atoms with van der Waals surface area (Å²) in [5.74, 6) is 1.74. The number of hydrogen-bond donors (Lipinski definition) is 1.